The van der Waals surface area contributed by atoms with Gasteiger partial charge in [0.15, 0.2) is 0 Å². The van der Waals surface area contributed by atoms with Gasteiger partial charge in [0, 0.05) is 62.0 Å². The molecule has 24 heteroatoms. The molecule has 2 saturated heterocycles. The van der Waals surface area contributed by atoms with Gasteiger partial charge in [0.05, 0.1) is 37.9 Å². The fourth-order valence-corrected chi connectivity index (χ4v) is 9.16. The Morgan fingerprint density at radius 3 is 2.10 bits per heavy atom. The zero-order valence-corrected chi connectivity index (χ0v) is 42.7. The van der Waals surface area contributed by atoms with Gasteiger partial charge in [-0.15, -0.1) is 0 Å². The van der Waals surface area contributed by atoms with Crippen LogP contribution < -0.4 is 54.0 Å². The van der Waals surface area contributed by atoms with Crippen LogP contribution in [0.25, 0.3) is 5.69 Å². The molecule has 2 fully saturated rings. The van der Waals surface area contributed by atoms with E-state index in [-0.39, 0.29) is 59.8 Å². The SMILES string of the molecule is CC[C@@H]([C@H](C)OC(=O)OC(C)OC(=O)Cc1ccc(OS(=O)(=O)[O-])cc1)n1ncn(-c2ccc(N3CCN(c4ccc(OC[C@@H]5CO[C@@](Cn6cncn6)(c6ccc(F)cc6F)C5)cc4)CC3)cc2)c1=O.[Na+]. The number of piperazine rings is 1. The topological polar surface area (TPSA) is 224 Å². The van der Waals surface area contributed by atoms with Crippen LogP contribution in [0.4, 0.5) is 25.0 Å². The van der Waals surface area contributed by atoms with Gasteiger partial charge in [0.1, 0.15) is 53.8 Å². The van der Waals surface area contributed by atoms with Crippen molar-refractivity contribution in [2.75, 3.05) is 49.2 Å². The summed E-state index contributed by atoms with van der Waals surface area (Å²) in [6.45, 7) is 8.67. The molecule has 376 valence electrons. The number of rotatable bonds is 19. The molecule has 2 aliphatic heterocycles. The average molecular weight is 1030 g/mol. The van der Waals surface area contributed by atoms with Crippen LogP contribution in [0.3, 0.4) is 0 Å². The van der Waals surface area contributed by atoms with Crippen LogP contribution in [0, 0.1) is 17.6 Å². The zero-order valence-electron chi connectivity index (χ0n) is 39.9. The molecule has 0 bridgehead atoms. The Bertz CT molecular complexity index is 2940. The maximum Gasteiger partial charge on any atom is 1.00 e. The van der Waals surface area contributed by atoms with Crippen LogP contribution in [-0.4, -0.2) is 106 Å². The Kier molecular flexibility index (Phi) is 17.4. The van der Waals surface area contributed by atoms with Crippen molar-refractivity contribution in [2.45, 2.75) is 70.6 Å². The molecule has 0 amide bonds. The summed E-state index contributed by atoms with van der Waals surface area (Å²) in [7, 11) is -4.95. The number of aromatic nitrogens is 6. The molecule has 2 aromatic heterocycles. The van der Waals surface area contributed by atoms with Crippen LogP contribution >= 0.6 is 0 Å². The van der Waals surface area contributed by atoms with Gasteiger partial charge < -0.3 is 42.2 Å². The third-order valence-corrected chi connectivity index (χ3v) is 12.7. The second-order valence-electron chi connectivity index (χ2n) is 17.2. The van der Waals surface area contributed by atoms with E-state index in [2.05, 4.69) is 29.2 Å². The molecule has 2 aliphatic rings. The van der Waals surface area contributed by atoms with Crippen molar-refractivity contribution in [3.63, 3.8) is 0 Å². The fourth-order valence-electron chi connectivity index (χ4n) is 8.82. The number of hydrogen-bond donors (Lipinski definition) is 0. The van der Waals surface area contributed by atoms with E-state index in [9.17, 15) is 31.7 Å². The molecule has 8 rings (SSSR count). The van der Waals surface area contributed by atoms with E-state index in [1.54, 1.807) is 11.6 Å². The number of halogens is 2. The van der Waals surface area contributed by atoms with E-state index in [0.717, 1.165) is 43.6 Å². The van der Waals surface area contributed by atoms with Crippen LogP contribution in [0.15, 0.2) is 115 Å². The predicted octanol–water partition coefficient (Wildman–Crippen LogP) is 2.71. The summed E-state index contributed by atoms with van der Waals surface area (Å²) < 4.78 is 97.8. The Balaban J connectivity index is 0.00000760. The number of anilines is 2. The molecule has 0 saturated carbocycles. The molecular weight excluding hydrogens is 974 g/mol. The molecule has 72 heavy (non-hydrogen) atoms. The number of ether oxygens (including phenoxy) is 5. The van der Waals surface area contributed by atoms with Gasteiger partial charge in [-0.05, 0) is 92.1 Å². The third kappa shape index (κ3) is 13.4. The molecule has 0 spiro atoms. The molecule has 5 atom stereocenters. The second kappa shape index (κ2) is 23.5. The Labute approximate surface area is 435 Å². The molecule has 20 nitrogen and oxygen atoms in total. The van der Waals surface area contributed by atoms with Crippen molar-refractivity contribution in [2.24, 2.45) is 5.92 Å². The van der Waals surface area contributed by atoms with E-state index in [4.69, 9.17) is 23.7 Å². The summed E-state index contributed by atoms with van der Waals surface area (Å²) in [4.78, 5) is 47.3. The van der Waals surface area contributed by atoms with Gasteiger partial charge in [-0.2, -0.15) is 10.2 Å². The standard InChI is InChI=1S/C48H52F2N8O12S.Na/c1-4-44(32(2)67-47(61)69-33(3)68-45(59)23-34-5-14-41(15-6-34)70-71(62,63)64)58-46(60)57(31-53-58)39-10-8-37(9-11-39)54-19-21-55(22-20-54)38-12-16-40(17-13-38)65-26-35-25-48(66-27-35,28-56-30-51-29-52-56)42-18-7-36(49)24-43(42)50;/h5-18,24,29-33,35,44H,4,19-23,25-28H2,1-3H3,(H,62,63,64);/q;+1/p-1/t32-,33?,35+,44-,48-;/m0./s1. The van der Waals surface area contributed by atoms with Crippen molar-refractivity contribution >= 4 is 33.9 Å². The van der Waals surface area contributed by atoms with Crippen LogP contribution in [0.2, 0.25) is 0 Å². The third-order valence-electron chi connectivity index (χ3n) is 12.3. The number of carbonyl (C=O) groups is 2. The molecule has 4 heterocycles. The van der Waals surface area contributed by atoms with Gasteiger partial charge in [-0.25, -0.2) is 45.7 Å². The molecule has 1 unspecified atom stereocenters. The van der Waals surface area contributed by atoms with Crippen molar-refractivity contribution in [3.8, 4) is 17.2 Å². The van der Waals surface area contributed by atoms with Gasteiger partial charge in [-0.3, -0.25) is 4.79 Å². The minimum Gasteiger partial charge on any atom is -0.716 e. The first-order valence-electron chi connectivity index (χ1n) is 22.8. The smallest absolute Gasteiger partial charge is 0.716 e. The van der Waals surface area contributed by atoms with Gasteiger partial charge in [-0.1, -0.05) is 25.1 Å². The second-order valence-corrected chi connectivity index (χ2v) is 18.1. The number of hydrogen-bond acceptors (Lipinski definition) is 17. The molecule has 4 aromatic carbocycles. The molecule has 0 aliphatic carbocycles. The predicted molar refractivity (Wildman–Crippen MR) is 249 cm³/mol. The van der Waals surface area contributed by atoms with Crippen molar-refractivity contribution in [1.29, 1.82) is 0 Å². The molecule has 0 N–H and O–H groups in total. The van der Waals surface area contributed by atoms with Crippen molar-refractivity contribution < 1.29 is 88.8 Å². The van der Waals surface area contributed by atoms with Gasteiger partial charge in [0.25, 0.3) is 10.4 Å². The van der Waals surface area contributed by atoms with Crippen LogP contribution in [0.5, 0.6) is 11.5 Å². The largest absolute Gasteiger partial charge is 1.00 e. The molecular formula is C48H51F2N8NaO12S. The fraction of sp³-hybridized carbons (Fsp3) is 0.375. The summed E-state index contributed by atoms with van der Waals surface area (Å²) in [6.07, 6.45) is 1.56. The van der Waals surface area contributed by atoms with E-state index in [0.29, 0.717) is 43.1 Å². The van der Waals surface area contributed by atoms with Crippen LogP contribution in [0.1, 0.15) is 50.8 Å². The number of benzene rings is 4. The normalized spacial score (nSPS) is 18.1. The Morgan fingerprint density at radius 1 is 0.847 bits per heavy atom. The summed E-state index contributed by atoms with van der Waals surface area (Å²) in [5.41, 5.74) is 1.82. The first-order valence-corrected chi connectivity index (χ1v) is 24.1. The van der Waals surface area contributed by atoms with E-state index in [1.165, 1.54) is 71.6 Å². The van der Waals surface area contributed by atoms with E-state index < -0.39 is 63.9 Å². The maximum atomic E-state index is 15.1. The minimum atomic E-state index is -4.95. The molecule has 0 radical (unpaired) electrons. The minimum absolute atomic E-state index is 0. The quantitative estimate of drug-likeness (QED) is 0.0374. The van der Waals surface area contributed by atoms with Crippen molar-refractivity contribution in [3.05, 3.63) is 143 Å². The van der Waals surface area contributed by atoms with E-state index >= 15 is 4.39 Å². The van der Waals surface area contributed by atoms with Crippen molar-refractivity contribution in [1.82, 2.24) is 29.1 Å². The summed E-state index contributed by atoms with van der Waals surface area (Å²) >= 11 is 0. The first-order chi connectivity index (χ1) is 34.0. The number of nitrogens with zero attached hydrogens (tertiary/aromatic N) is 8. The summed E-state index contributed by atoms with van der Waals surface area (Å²) in [5.74, 6) is -1.68. The Hall–Kier alpha value is -6.37. The number of carbonyl (C=O) groups excluding carboxylic acids is 2. The van der Waals surface area contributed by atoms with Crippen LogP contribution in [-0.2, 0) is 52.7 Å². The Morgan fingerprint density at radius 2 is 1.49 bits per heavy atom. The van der Waals surface area contributed by atoms with Gasteiger partial charge in [0.2, 0.25) is 6.29 Å². The summed E-state index contributed by atoms with van der Waals surface area (Å²) in [6, 6.07) is 23.5. The maximum absolute atomic E-state index is 15.1. The first kappa shape index (κ1) is 53.4. The summed E-state index contributed by atoms with van der Waals surface area (Å²) in [5, 5.41) is 8.51. The molecule has 6 aromatic rings. The average Bonchev–Trinajstić information content (AvgIpc) is 4.10. The van der Waals surface area contributed by atoms with Gasteiger partial charge >= 0.3 is 47.4 Å². The number of esters is 1. The zero-order chi connectivity index (χ0) is 50.3. The monoisotopic (exact) mass is 1020 g/mol. The van der Waals surface area contributed by atoms with E-state index in [1.807, 2.05) is 55.5 Å².